The fourth-order valence-electron chi connectivity index (χ4n) is 5.69. The highest BCUT2D eigenvalue weighted by Gasteiger charge is 2.26. The zero-order valence-electron chi connectivity index (χ0n) is 30.1. The number of nitrogens with zero attached hydrogens (tertiary/aromatic N) is 3. The Labute approximate surface area is 301 Å². The summed E-state index contributed by atoms with van der Waals surface area (Å²) in [6.07, 6.45) is 11.2. The van der Waals surface area contributed by atoms with Gasteiger partial charge in [0.05, 0.1) is 24.0 Å². The molecule has 0 spiro atoms. The largest absolute Gasteiger partial charge is 0.506 e. The van der Waals surface area contributed by atoms with Gasteiger partial charge in [-0.1, -0.05) is 83.8 Å². The number of nitrogens with one attached hydrogen (secondary N) is 1. The van der Waals surface area contributed by atoms with Crippen molar-refractivity contribution in [3.63, 3.8) is 0 Å². The van der Waals surface area contributed by atoms with Crippen LogP contribution in [0, 0.1) is 0 Å². The molecule has 0 aliphatic rings. The molecule has 0 fully saturated rings. The van der Waals surface area contributed by atoms with E-state index in [1.54, 1.807) is 30.2 Å². The van der Waals surface area contributed by atoms with Crippen LogP contribution in [-0.4, -0.2) is 60.3 Å². The van der Waals surface area contributed by atoms with Gasteiger partial charge < -0.3 is 26.2 Å². The number of amides is 1. The third kappa shape index (κ3) is 14.0. The number of aromatic hydroxyl groups is 1. The molecule has 2 aromatic rings. The second kappa shape index (κ2) is 25.3. The van der Waals surface area contributed by atoms with E-state index in [1.807, 2.05) is 57.2 Å². The molecule has 9 heteroatoms. The normalized spacial score (nSPS) is 12.9. The SMILES string of the molecule is C.C=N\C=C(CC)/C(=N\CNc1ccc(C(CCC)CCC)cc1O)C(/C=C(\C)C(=O)N(CCC)C(CO)c1cccc(Cl)c1)=C/C.CN. The number of anilines is 1. The summed E-state index contributed by atoms with van der Waals surface area (Å²) in [5.74, 6) is 0.452. The summed E-state index contributed by atoms with van der Waals surface area (Å²) in [6.45, 7) is 16.2. The molecule has 2 aromatic carbocycles. The molecule has 0 aliphatic heterocycles. The Morgan fingerprint density at radius 2 is 1.73 bits per heavy atom. The number of carbonyl (C=O) groups is 1. The van der Waals surface area contributed by atoms with Crippen LogP contribution in [0.2, 0.25) is 5.02 Å². The maximum atomic E-state index is 13.9. The fourth-order valence-corrected chi connectivity index (χ4v) is 5.88. The van der Waals surface area contributed by atoms with Crippen LogP contribution in [0.4, 0.5) is 5.69 Å². The number of hydrogen-bond donors (Lipinski definition) is 4. The molecule has 2 rings (SSSR count). The summed E-state index contributed by atoms with van der Waals surface area (Å²) in [4.78, 5) is 24.5. The maximum absolute atomic E-state index is 13.9. The van der Waals surface area contributed by atoms with Crippen LogP contribution < -0.4 is 11.1 Å². The molecule has 272 valence electrons. The highest BCUT2D eigenvalue weighted by atomic mass is 35.5. The third-order valence-corrected chi connectivity index (χ3v) is 8.24. The molecule has 8 nitrogen and oxygen atoms in total. The number of benzene rings is 2. The average Bonchev–Trinajstić information content (AvgIpc) is 3.09. The van der Waals surface area contributed by atoms with E-state index in [0.717, 1.165) is 54.4 Å². The Morgan fingerprint density at radius 3 is 2.24 bits per heavy atom. The van der Waals surface area contributed by atoms with Crippen molar-refractivity contribution in [1.82, 2.24) is 4.90 Å². The molecule has 1 amide bonds. The first kappa shape index (κ1) is 45.3. The standard InChI is InChI=1S/C38H53ClN4O3.CH5N.CH4/c1-8-14-30(15-9-2)31-18-19-34(36(45)23-31)41-26-42-37(29(12-5)24-40-7)28(11-4)21-27(6)38(46)43(20-10-3)35(25-44)32-16-13-17-33(39)22-32;1-2;/h11,13,16-19,21-24,30,35,41,44-45H,7-10,12,14-15,20,25-26H2,1-6H3;2H2,1H3;1H4/b27-21+,28-11+,29-24-,42-37-;;. The van der Waals surface area contributed by atoms with E-state index >= 15 is 0 Å². The van der Waals surface area contributed by atoms with Gasteiger partial charge in [0, 0.05) is 23.3 Å². The van der Waals surface area contributed by atoms with Crippen LogP contribution >= 0.6 is 11.6 Å². The quantitative estimate of drug-likeness (QED) is 0.0504. The number of phenolic OH excluding ortho intramolecular Hbond substituents is 1. The van der Waals surface area contributed by atoms with Gasteiger partial charge in [-0.05, 0) is 112 Å². The lowest BCUT2D eigenvalue weighted by molar-refractivity contribution is -0.130. The summed E-state index contributed by atoms with van der Waals surface area (Å²) >= 11 is 6.24. The van der Waals surface area contributed by atoms with E-state index in [0.29, 0.717) is 40.9 Å². The van der Waals surface area contributed by atoms with Gasteiger partial charge in [-0.3, -0.25) is 14.8 Å². The number of aliphatic imine (C=N–C) groups is 2. The molecular formula is C40H62ClN5O3. The topological polar surface area (TPSA) is 124 Å². The number of halogens is 1. The van der Waals surface area contributed by atoms with Crippen molar-refractivity contribution in [3.05, 3.63) is 93.7 Å². The van der Waals surface area contributed by atoms with Gasteiger partial charge >= 0.3 is 0 Å². The van der Waals surface area contributed by atoms with Gasteiger partial charge in [0.25, 0.3) is 0 Å². The number of aliphatic hydroxyl groups excluding tert-OH is 1. The highest BCUT2D eigenvalue weighted by molar-refractivity contribution is 6.30. The maximum Gasteiger partial charge on any atom is 0.250 e. The van der Waals surface area contributed by atoms with Crippen molar-refractivity contribution >= 4 is 35.6 Å². The Hall–Kier alpha value is -3.72. The summed E-state index contributed by atoms with van der Waals surface area (Å²) in [6, 6.07) is 12.6. The molecule has 49 heavy (non-hydrogen) atoms. The van der Waals surface area contributed by atoms with Crippen molar-refractivity contribution in [3.8, 4) is 5.75 Å². The second-order valence-electron chi connectivity index (χ2n) is 11.4. The number of rotatable bonds is 19. The lowest BCUT2D eigenvalue weighted by Gasteiger charge is -2.31. The molecule has 5 N–H and O–H groups in total. The third-order valence-electron chi connectivity index (χ3n) is 8.01. The Kier molecular flexibility index (Phi) is 23.4. The molecule has 1 unspecified atom stereocenters. The molecule has 0 saturated heterocycles. The van der Waals surface area contributed by atoms with E-state index in [4.69, 9.17) is 16.6 Å². The summed E-state index contributed by atoms with van der Waals surface area (Å²) in [5, 5.41) is 25.0. The zero-order chi connectivity index (χ0) is 36.1. The van der Waals surface area contributed by atoms with Gasteiger partial charge in [-0.2, -0.15) is 0 Å². The Balaban J connectivity index is 0.00000753. The number of allylic oxidation sites excluding steroid dienone is 4. The van der Waals surface area contributed by atoms with E-state index in [2.05, 4.69) is 42.7 Å². The highest BCUT2D eigenvalue weighted by Crippen LogP contribution is 2.33. The van der Waals surface area contributed by atoms with Crippen molar-refractivity contribution < 1.29 is 15.0 Å². The van der Waals surface area contributed by atoms with Crippen LogP contribution in [0.1, 0.15) is 111 Å². The lowest BCUT2D eigenvalue weighted by atomic mass is 9.90. The first-order valence-electron chi connectivity index (χ1n) is 17.1. The van der Waals surface area contributed by atoms with Crippen LogP contribution in [-0.2, 0) is 4.79 Å². The smallest absolute Gasteiger partial charge is 0.250 e. The van der Waals surface area contributed by atoms with Gasteiger partial charge in [-0.15, -0.1) is 0 Å². The minimum atomic E-state index is -0.532. The van der Waals surface area contributed by atoms with Gasteiger partial charge in [-0.25, -0.2) is 0 Å². The summed E-state index contributed by atoms with van der Waals surface area (Å²) in [7, 11) is 1.50. The fraction of sp³-hybridized carbons (Fsp3) is 0.475. The minimum absolute atomic E-state index is 0. The summed E-state index contributed by atoms with van der Waals surface area (Å²) in [5.41, 5.74) is 9.84. The lowest BCUT2D eigenvalue weighted by Crippen LogP contribution is -2.38. The van der Waals surface area contributed by atoms with Crippen molar-refractivity contribution in [1.29, 1.82) is 0 Å². The number of aliphatic hydroxyl groups is 1. The van der Waals surface area contributed by atoms with E-state index in [9.17, 15) is 15.0 Å². The van der Waals surface area contributed by atoms with Crippen LogP contribution in [0.3, 0.4) is 0 Å². The molecule has 0 saturated carbocycles. The number of hydrogen-bond acceptors (Lipinski definition) is 7. The van der Waals surface area contributed by atoms with Crippen LogP contribution in [0.5, 0.6) is 5.75 Å². The van der Waals surface area contributed by atoms with E-state index in [-0.39, 0.29) is 32.4 Å². The molecule has 0 aromatic heterocycles. The van der Waals surface area contributed by atoms with Crippen molar-refractivity contribution in [2.75, 3.05) is 32.2 Å². The zero-order valence-corrected chi connectivity index (χ0v) is 30.9. The van der Waals surface area contributed by atoms with E-state index < -0.39 is 6.04 Å². The van der Waals surface area contributed by atoms with Crippen LogP contribution in [0.25, 0.3) is 0 Å². The average molecular weight is 696 g/mol. The number of carbonyl (C=O) groups excluding carboxylic acids is 1. The van der Waals surface area contributed by atoms with Gasteiger partial charge in [0.15, 0.2) is 0 Å². The number of phenols is 1. The van der Waals surface area contributed by atoms with Crippen LogP contribution in [0.15, 0.2) is 87.5 Å². The first-order chi connectivity index (χ1) is 23.2. The Morgan fingerprint density at radius 1 is 1.06 bits per heavy atom. The molecular weight excluding hydrogens is 634 g/mol. The monoisotopic (exact) mass is 695 g/mol. The van der Waals surface area contributed by atoms with Gasteiger partial charge in [0.2, 0.25) is 5.91 Å². The first-order valence-corrected chi connectivity index (χ1v) is 17.4. The minimum Gasteiger partial charge on any atom is -0.506 e. The van der Waals surface area contributed by atoms with Crippen molar-refractivity contribution in [2.24, 2.45) is 15.7 Å². The second-order valence-corrected chi connectivity index (χ2v) is 11.8. The predicted octanol–water partition coefficient (Wildman–Crippen LogP) is 9.61. The van der Waals surface area contributed by atoms with Gasteiger partial charge in [0.1, 0.15) is 12.4 Å². The molecule has 0 aliphatic carbocycles. The number of nitrogens with two attached hydrogens (primary N) is 1. The van der Waals surface area contributed by atoms with Crippen molar-refractivity contribution in [2.45, 2.75) is 99.5 Å². The predicted molar refractivity (Wildman–Crippen MR) is 212 cm³/mol. The van der Waals surface area contributed by atoms with E-state index in [1.165, 1.54) is 7.05 Å². The molecule has 0 radical (unpaired) electrons. The molecule has 1 atom stereocenters. The summed E-state index contributed by atoms with van der Waals surface area (Å²) < 4.78 is 0. The Bertz CT molecular complexity index is 1410. The molecule has 0 heterocycles. The molecule has 0 bridgehead atoms.